The van der Waals surface area contributed by atoms with Crippen molar-refractivity contribution < 1.29 is 33.9 Å². The van der Waals surface area contributed by atoms with Gasteiger partial charge in [0.25, 0.3) is 0 Å². The number of phenols is 1. The van der Waals surface area contributed by atoms with Gasteiger partial charge in [0.1, 0.15) is 5.75 Å². The van der Waals surface area contributed by atoms with Crippen molar-refractivity contribution in [1.29, 1.82) is 0 Å². The molecule has 0 radical (unpaired) electrons. The second-order valence-corrected chi connectivity index (χ2v) is 9.34. The van der Waals surface area contributed by atoms with Gasteiger partial charge in [-0.3, -0.25) is 19.2 Å². The maximum absolute atomic E-state index is 13.2. The Morgan fingerprint density at radius 3 is 2.06 bits per heavy atom. The summed E-state index contributed by atoms with van der Waals surface area (Å²) in [5.41, 5.74) is 11.6. The van der Waals surface area contributed by atoms with Gasteiger partial charge in [-0.05, 0) is 36.5 Å². The molecule has 0 spiro atoms. The summed E-state index contributed by atoms with van der Waals surface area (Å²) in [7, 11) is 0. The summed E-state index contributed by atoms with van der Waals surface area (Å²) in [4.78, 5) is 76.6. The van der Waals surface area contributed by atoms with E-state index in [1.807, 2.05) is 0 Å². The summed E-state index contributed by atoms with van der Waals surface area (Å²) in [5, 5.41) is 9.93. The molecule has 2 heterocycles. The number of nitrogens with zero attached hydrogens (tertiary/aromatic N) is 2. The number of hydrogen-bond donors (Lipinski definition) is 3. The van der Waals surface area contributed by atoms with E-state index in [9.17, 15) is 33.9 Å². The third-order valence-corrected chi connectivity index (χ3v) is 7.74. The zero-order valence-electron chi connectivity index (χ0n) is 17.5. The van der Waals surface area contributed by atoms with Gasteiger partial charge in [0.15, 0.2) is 0 Å². The van der Waals surface area contributed by atoms with E-state index in [1.165, 1.54) is 18.2 Å². The average Bonchev–Trinajstić information content (AvgIpc) is 3.16. The van der Waals surface area contributed by atoms with Gasteiger partial charge < -0.3 is 16.6 Å². The first-order chi connectivity index (χ1) is 16.0. The predicted molar refractivity (Wildman–Crippen MR) is 113 cm³/mol. The van der Waals surface area contributed by atoms with E-state index in [2.05, 4.69) is 0 Å². The highest BCUT2D eigenvalue weighted by atomic mass is 35.5. The van der Waals surface area contributed by atoms with Crippen molar-refractivity contribution in [3.05, 3.63) is 40.4 Å². The van der Waals surface area contributed by atoms with Crippen molar-refractivity contribution in [1.82, 2.24) is 9.80 Å². The molecule has 0 aromatic heterocycles. The average molecular weight is 487 g/mol. The topological polar surface area (TPSA) is 181 Å². The lowest BCUT2D eigenvalue weighted by Gasteiger charge is -2.44. The molecule has 2 saturated heterocycles. The van der Waals surface area contributed by atoms with Crippen molar-refractivity contribution in [3.63, 3.8) is 0 Å². The van der Waals surface area contributed by atoms with E-state index in [1.54, 1.807) is 6.08 Å². The second-order valence-electron chi connectivity index (χ2n) is 8.93. The molecule has 5 rings (SSSR count). The van der Waals surface area contributed by atoms with Crippen molar-refractivity contribution in [2.45, 2.75) is 18.8 Å². The van der Waals surface area contributed by atoms with Gasteiger partial charge in [-0.2, -0.15) is 9.80 Å². The SMILES string of the molecule is NC(=O)N1C(=O)[C@H]2[C@H](CC=C3[C@H]2C[C@H]2C(=O)N(C(N)=O)C(=O)[C@H]2[C@H]3c2ccc(O)cc2Cl)C1=O. The van der Waals surface area contributed by atoms with Gasteiger partial charge in [0.2, 0.25) is 23.6 Å². The first-order valence-corrected chi connectivity index (χ1v) is 10.9. The molecule has 1 saturated carbocycles. The van der Waals surface area contributed by atoms with Gasteiger partial charge in [-0.15, -0.1) is 0 Å². The fraction of sp³-hybridized carbons (Fsp3) is 0.364. The second kappa shape index (κ2) is 7.39. The Balaban J connectivity index is 1.68. The fourth-order valence-corrected chi connectivity index (χ4v) is 6.43. The molecule has 176 valence electrons. The van der Waals surface area contributed by atoms with Crippen LogP contribution in [-0.4, -0.2) is 50.6 Å². The quantitative estimate of drug-likeness (QED) is 0.388. The zero-order chi connectivity index (χ0) is 24.6. The lowest BCUT2D eigenvalue weighted by Crippen LogP contribution is -2.44. The molecule has 3 fully saturated rings. The normalized spacial score (nSPS) is 32.3. The number of phenolic OH excluding ortho intramolecular Hbond substituents is 1. The molecule has 8 amide bonds. The van der Waals surface area contributed by atoms with Gasteiger partial charge in [-0.1, -0.05) is 29.3 Å². The number of primary amides is 2. The van der Waals surface area contributed by atoms with Crippen LogP contribution in [0.15, 0.2) is 29.8 Å². The number of amides is 8. The molecule has 12 heteroatoms. The largest absolute Gasteiger partial charge is 0.508 e. The van der Waals surface area contributed by atoms with Gasteiger partial charge >= 0.3 is 12.1 Å². The number of allylic oxidation sites excluding steroid dienone is 2. The number of rotatable bonds is 1. The Kier molecular flexibility index (Phi) is 4.80. The van der Waals surface area contributed by atoms with Crippen LogP contribution in [0.2, 0.25) is 5.02 Å². The summed E-state index contributed by atoms with van der Waals surface area (Å²) in [6.07, 6.45) is 1.86. The molecule has 4 aliphatic rings. The Morgan fingerprint density at radius 2 is 1.47 bits per heavy atom. The smallest absolute Gasteiger partial charge is 0.328 e. The van der Waals surface area contributed by atoms with Crippen LogP contribution in [0.3, 0.4) is 0 Å². The number of carbonyl (C=O) groups excluding carboxylic acids is 6. The number of urea groups is 2. The number of hydrogen-bond acceptors (Lipinski definition) is 7. The number of fused-ring (bicyclic) bond motifs is 4. The molecular weight excluding hydrogens is 468 g/mol. The summed E-state index contributed by atoms with van der Waals surface area (Å²) in [6.45, 7) is 0. The lowest BCUT2D eigenvalue weighted by atomic mass is 9.57. The molecular formula is C22H19ClN4O7. The Labute approximate surface area is 197 Å². The monoisotopic (exact) mass is 486 g/mol. The van der Waals surface area contributed by atoms with Crippen LogP contribution in [0.25, 0.3) is 0 Å². The van der Waals surface area contributed by atoms with Crippen LogP contribution in [0, 0.1) is 29.6 Å². The predicted octanol–water partition coefficient (Wildman–Crippen LogP) is 0.839. The number of carbonyl (C=O) groups is 6. The standard InChI is InChI=1S/C22H19ClN4O7/c23-13-5-7(28)1-2-9(13)14-8-3-4-10-15(19(31)26(17(10)29)21(24)33)11(8)6-12-16(14)20(32)27(18(12)30)22(25)34/h1-3,5,10-12,14-16,28H,4,6H2,(H2,24,33)(H2,25,34)/t10-,11+,12+,14+,15-,16+/m0/s1. The van der Waals surface area contributed by atoms with E-state index in [0.29, 0.717) is 20.9 Å². The highest BCUT2D eigenvalue weighted by Gasteiger charge is 2.63. The van der Waals surface area contributed by atoms with Crippen molar-refractivity contribution in [3.8, 4) is 5.75 Å². The summed E-state index contributed by atoms with van der Waals surface area (Å²) < 4.78 is 0. The minimum atomic E-state index is -1.21. The number of halogens is 1. The van der Waals surface area contributed by atoms with Crippen LogP contribution in [-0.2, 0) is 19.2 Å². The molecule has 1 aromatic rings. The first-order valence-electron chi connectivity index (χ1n) is 10.6. The minimum Gasteiger partial charge on any atom is -0.508 e. The van der Waals surface area contributed by atoms with Crippen LogP contribution < -0.4 is 11.5 Å². The maximum atomic E-state index is 13.2. The number of aromatic hydroxyl groups is 1. The van der Waals surface area contributed by atoms with Gasteiger partial charge in [0.05, 0.1) is 23.7 Å². The molecule has 11 nitrogen and oxygen atoms in total. The molecule has 0 bridgehead atoms. The van der Waals surface area contributed by atoms with E-state index >= 15 is 0 Å². The van der Waals surface area contributed by atoms with Crippen molar-refractivity contribution in [2.24, 2.45) is 41.1 Å². The fourth-order valence-electron chi connectivity index (χ4n) is 6.14. The Morgan fingerprint density at radius 1 is 0.882 bits per heavy atom. The number of likely N-dealkylation sites (tertiary alicyclic amines) is 2. The molecule has 5 N–H and O–H groups in total. The Bertz CT molecular complexity index is 1240. The van der Waals surface area contributed by atoms with E-state index < -0.39 is 71.2 Å². The molecule has 34 heavy (non-hydrogen) atoms. The van der Waals surface area contributed by atoms with Crippen LogP contribution in [0.5, 0.6) is 5.75 Å². The van der Waals surface area contributed by atoms with Crippen molar-refractivity contribution in [2.75, 3.05) is 0 Å². The lowest BCUT2D eigenvalue weighted by molar-refractivity contribution is -0.138. The van der Waals surface area contributed by atoms with Gasteiger partial charge in [-0.25, -0.2) is 9.59 Å². The summed E-state index contributed by atoms with van der Waals surface area (Å²) in [6, 6.07) is 1.79. The van der Waals surface area contributed by atoms with E-state index in [4.69, 9.17) is 23.1 Å². The molecule has 0 unspecified atom stereocenters. The summed E-state index contributed by atoms with van der Waals surface area (Å²) in [5.74, 6) is -8.42. The molecule has 1 aromatic carbocycles. The van der Waals surface area contributed by atoms with Crippen LogP contribution >= 0.6 is 11.6 Å². The zero-order valence-corrected chi connectivity index (χ0v) is 18.3. The van der Waals surface area contributed by atoms with Crippen molar-refractivity contribution >= 4 is 47.3 Å². The van der Waals surface area contributed by atoms with E-state index in [0.717, 1.165) is 0 Å². The van der Waals surface area contributed by atoms with Crippen LogP contribution in [0.4, 0.5) is 9.59 Å². The molecule has 6 atom stereocenters. The molecule has 2 aliphatic heterocycles. The number of benzene rings is 1. The Hall–Kier alpha value is -3.73. The molecule has 2 aliphatic carbocycles. The van der Waals surface area contributed by atoms with Crippen LogP contribution in [0.1, 0.15) is 24.3 Å². The highest BCUT2D eigenvalue weighted by molar-refractivity contribution is 6.31. The van der Waals surface area contributed by atoms with Gasteiger partial charge in [0, 0.05) is 10.9 Å². The summed E-state index contributed by atoms with van der Waals surface area (Å²) >= 11 is 6.42. The third kappa shape index (κ3) is 2.82. The minimum absolute atomic E-state index is 0.00381. The third-order valence-electron chi connectivity index (χ3n) is 7.41. The number of nitrogens with two attached hydrogens (primary N) is 2. The van der Waals surface area contributed by atoms with E-state index in [-0.39, 0.29) is 23.6 Å². The first kappa shape index (κ1) is 22.1. The number of imide groups is 6. The highest BCUT2D eigenvalue weighted by Crippen LogP contribution is 2.58. The maximum Gasteiger partial charge on any atom is 0.328 e.